The molecule has 0 spiro atoms. The van der Waals surface area contributed by atoms with E-state index in [1.165, 1.54) is 11.3 Å². The molecule has 0 bridgehead atoms. The van der Waals surface area contributed by atoms with Crippen LogP contribution < -0.4 is 10.7 Å². The fourth-order valence-electron chi connectivity index (χ4n) is 1.20. The molecule has 2 rings (SSSR count). The van der Waals surface area contributed by atoms with Crippen molar-refractivity contribution in [2.24, 2.45) is 5.10 Å². The Hall–Kier alpha value is -1.69. The van der Waals surface area contributed by atoms with E-state index in [4.69, 9.17) is 0 Å². The van der Waals surface area contributed by atoms with E-state index < -0.39 is 11.8 Å². The summed E-state index contributed by atoms with van der Waals surface area (Å²) in [5.41, 5.74) is 2.93. The number of rotatable bonds is 3. The van der Waals surface area contributed by atoms with Gasteiger partial charge in [0.15, 0.2) is 0 Å². The normalized spacial score (nSPS) is 15.5. The minimum atomic E-state index is -0.715. The van der Waals surface area contributed by atoms with Crippen molar-refractivity contribution in [3.8, 4) is 0 Å². The maximum Gasteiger partial charge on any atom is 0.329 e. The van der Waals surface area contributed by atoms with Crippen molar-refractivity contribution in [3.05, 3.63) is 22.4 Å². The number of amides is 2. The van der Waals surface area contributed by atoms with Crippen LogP contribution in [-0.4, -0.2) is 23.6 Å². The first-order valence-corrected chi connectivity index (χ1v) is 6.24. The molecule has 1 aromatic rings. The third-order valence-corrected chi connectivity index (χ3v) is 3.30. The molecule has 2 N–H and O–H groups in total. The van der Waals surface area contributed by atoms with Crippen molar-refractivity contribution in [1.29, 1.82) is 0 Å². The third-order valence-electron chi connectivity index (χ3n) is 2.32. The molecule has 1 aromatic heterocycles. The van der Waals surface area contributed by atoms with Gasteiger partial charge in [0.2, 0.25) is 0 Å². The molecule has 0 radical (unpaired) electrons. The standard InChI is InChI=1S/C11H13N3O2S/c1-7(9-3-2-6-17-9)13-14-11(16)10(15)12-8-4-5-8/h2-3,6,8H,4-5H2,1H3,(H,12,15)(H,14,16)/b13-7-. The van der Waals surface area contributed by atoms with Crippen LogP contribution in [-0.2, 0) is 9.59 Å². The van der Waals surface area contributed by atoms with Gasteiger partial charge in [-0.1, -0.05) is 6.07 Å². The fourth-order valence-corrected chi connectivity index (χ4v) is 1.88. The quantitative estimate of drug-likeness (QED) is 0.475. The van der Waals surface area contributed by atoms with Crippen molar-refractivity contribution in [2.75, 3.05) is 0 Å². The molecule has 0 aliphatic heterocycles. The van der Waals surface area contributed by atoms with Crippen molar-refractivity contribution < 1.29 is 9.59 Å². The van der Waals surface area contributed by atoms with Crippen LogP contribution in [0.15, 0.2) is 22.6 Å². The van der Waals surface area contributed by atoms with Crippen LogP contribution in [0.5, 0.6) is 0 Å². The number of carbonyl (C=O) groups is 2. The smallest absolute Gasteiger partial charge is 0.329 e. The summed E-state index contributed by atoms with van der Waals surface area (Å²) in [6.07, 6.45) is 1.91. The van der Waals surface area contributed by atoms with Gasteiger partial charge in [0.25, 0.3) is 0 Å². The number of thiophene rings is 1. The van der Waals surface area contributed by atoms with Crippen molar-refractivity contribution in [3.63, 3.8) is 0 Å². The summed E-state index contributed by atoms with van der Waals surface area (Å²) >= 11 is 1.53. The molecule has 1 heterocycles. The topological polar surface area (TPSA) is 70.6 Å². The molecule has 0 saturated heterocycles. The Morgan fingerprint density at radius 2 is 2.18 bits per heavy atom. The average Bonchev–Trinajstić information content (AvgIpc) is 2.96. The van der Waals surface area contributed by atoms with Crippen molar-refractivity contribution >= 4 is 28.9 Å². The number of carbonyl (C=O) groups excluding carboxylic acids is 2. The van der Waals surface area contributed by atoms with Crippen LogP contribution in [0.1, 0.15) is 24.6 Å². The van der Waals surface area contributed by atoms with E-state index >= 15 is 0 Å². The summed E-state index contributed by atoms with van der Waals surface area (Å²) in [4.78, 5) is 23.6. The van der Waals surface area contributed by atoms with Crippen molar-refractivity contribution in [2.45, 2.75) is 25.8 Å². The average molecular weight is 251 g/mol. The van der Waals surface area contributed by atoms with E-state index in [2.05, 4.69) is 15.8 Å². The van der Waals surface area contributed by atoms with Gasteiger partial charge in [0.1, 0.15) is 0 Å². The lowest BCUT2D eigenvalue weighted by Crippen LogP contribution is -2.39. The van der Waals surface area contributed by atoms with Crippen LogP contribution >= 0.6 is 11.3 Å². The highest BCUT2D eigenvalue weighted by Gasteiger charge is 2.26. The number of nitrogens with zero attached hydrogens (tertiary/aromatic N) is 1. The second-order valence-corrected chi connectivity index (χ2v) is 4.81. The van der Waals surface area contributed by atoms with E-state index in [0.29, 0.717) is 5.71 Å². The lowest BCUT2D eigenvalue weighted by molar-refractivity contribution is -0.139. The van der Waals surface area contributed by atoms with Crippen LogP contribution in [0.25, 0.3) is 0 Å². The van der Waals surface area contributed by atoms with E-state index in [1.54, 1.807) is 6.92 Å². The van der Waals surface area contributed by atoms with Crippen LogP contribution in [0.2, 0.25) is 0 Å². The first kappa shape index (κ1) is 11.8. The third kappa shape index (κ3) is 3.39. The largest absolute Gasteiger partial charge is 0.345 e. The Morgan fingerprint density at radius 3 is 2.76 bits per heavy atom. The molecule has 6 heteroatoms. The van der Waals surface area contributed by atoms with Gasteiger partial charge in [-0.25, -0.2) is 5.43 Å². The van der Waals surface area contributed by atoms with E-state index in [-0.39, 0.29) is 6.04 Å². The van der Waals surface area contributed by atoms with Gasteiger partial charge in [0, 0.05) is 10.9 Å². The van der Waals surface area contributed by atoms with E-state index in [0.717, 1.165) is 17.7 Å². The highest BCUT2D eigenvalue weighted by molar-refractivity contribution is 7.12. The second-order valence-electron chi connectivity index (χ2n) is 3.86. The molecule has 5 nitrogen and oxygen atoms in total. The number of hydrazone groups is 1. The zero-order valence-corrected chi connectivity index (χ0v) is 10.2. The van der Waals surface area contributed by atoms with Gasteiger partial charge >= 0.3 is 11.8 Å². The molecule has 1 saturated carbocycles. The molecule has 1 fully saturated rings. The van der Waals surface area contributed by atoms with Gasteiger partial charge < -0.3 is 5.32 Å². The molecule has 0 unspecified atom stereocenters. The van der Waals surface area contributed by atoms with Crippen molar-refractivity contribution in [1.82, 2.24) is 10.7 Å². The van der Waals surface area contributed by atoms with Crippen LogP contribution in [0, 0.1) is 0 Å². The molecule has 0 atom stereocenters. The second kappa shape index (κ2) is 5.09. The number of nitrogens with one attached hydrogen (secondary N) is 2. The summed E-state index contributed by atoms with van der Waals surface area (Å²) in [6, 6.07) is 3.98. The first-order valence-electron chi connectivity index (χ1n) is 5.36. The predicted molar refractivity (Wildman–Crippen MR) is 65.8 cm³/mol. The number of hydrogen-bond acceptors (Lipinski definition) is 4. The maximum absolute atomic E-state index is 11.4. The van der Waals surface area contributed by atoms with Gasteiger partial charge in [-0.3, -0.25) is 9.59 Å². The monoisotopic (exact) mass is 251 g/mol. The Bertz CT molecular complexity index is 449. The maximum atomic E-state index is 11.4. The Kier molecular flexibility index (Phi) is 3.53. The molecule has 0 aromatic carbocycles. The molecule has 1 aliphatic rings. The zero-order chi connectivity index (χ0) is 12.3. The lowest BCUT2D eigenvalue weighted by Gasteiger charge is -2.02. The summed E-state index contributed by atoms with van der Waals surface area (Å²) in [5, 5.41) is 8.40. The van der Waals surface area contributed by atoms with Gasteiger partial charge in [-0.15, -0.1) is 11.3 Å². The Morgan fingerprint density at radius 1 is 1.41 bits per heavy atom. The molecule has 1 aliphatic carbocycles. The summed E-state index contributed by atoms with van der Waals surface area (Å²) < 4.78 is 0. The molecule has 2 amide bonds. The predicted octanol–water partition coefficient (Wildman–Crippen LogP) is 0.867. The SMILES string of the molecule is C/C(=N/NC(=O)C(=O)NC1CC1)c1cccs1. The minimum absolute atomic E-state index is 0.177. The van der Waals surface area contributed by atoms with Gasteiger partial charge in [-0.2, -0.15) is 5.10 Å². The van der Waals surface area contributed by atoms with E-state index in [1.807, 2.05) is 17.5 Å². The van der Waals surface area contributed by atoms with Gasteiger partial charge in [0.05, 0.1) is 5.71 Å². The molecular weight excluding hydrogens is 238 g/mol. The van der Waals surface area contributed by atoms with Gasteiger partial charge in [-0.05, 0) is 31.2 Å². The minimum Gasteiger partial charge on any atom is -0.345 e. The number of hydrogen-bond donors (Lipinski definition) is 2. The summed E-state index contributed by atoms with van der Waals surface area (Å²) in [6.45, 7) is 1.78. The molecular formula is C11H13N3O2S. The van der Waals surface area contributed by atoms with E-state index in [9.17, 15) is 9.59 Å². The Labute approximate surface area is 103 Å². The highest BCUT2D eigenvalue weighted by Crippen LogP contribution is 2.18. The first-order chi connectivity index (χ1) is 8.16. The highest BCUT2D eigenvalue weighted by atomic mass is 32.1. The molecule has 17 heavy (non-hydrogen) atoms. The van der Waals surface area contributed by atoms with Crippen LogP contribution in [0.4, 0.5) is 0 Å². The fraction of sp³-hybridized carbons (Fsp3) is 0.364. The van der Waals surface area contributed by atoms with Crippen LogP contribution in [0.3, 0.4) is 0 Å². The molecule has 90 valence electrons. The zero-order valence-electron chi connectivity index (χ0n) is 9.40. The lowest BCUT2D eigenvalue weighted by atomic mass is 10.3. The Balaban J connectivity index is 1.86. The summed E-state index contributed by atoms with van der Waals surface area (Å²) in [7, 11) is 0. The summed E-state index contributed by atoms with van der Waals surface area (Å²) in [5.74, 6) is -1.33.